The molecule has 160 valence electrons. The van der Waals surface area contributed by atoms with Gasteiger partial charge in [0.25, 0.3) is 5.91 Å². The lowest BCUT2D eigenvalue weighted by atomic mass is 9.89. The molecule has 1 fully saturated rings. The number of carbonyl (C=O) groups excluding carboxylic acids is 4. The van der Waals surface area contributed by atoms with E-state index >= 15 is 0 Å². The lowest BCUT2D eigenvalue weighted by Crippen LogP contribution is -2.42. The Morgan fingerprint density at radius 2 is 1.65 bits per heavy atom. The van der Waals surface area contributed by atoms with Gasteiger partial charge in [0.2, 0.25) is 11.8 Å². The summed E-state index contributed by atoms with van der Waals surface area (Å²) in [5.41, 5.74) is 3.11. The Morgan fingerprint density at radius 1 is 1.00 bits per heavy atom. The molecule has 1 aliphatic carbocycles. The second-order valence-electron chi connectivity index (χ2n) is 8.09. The highest BCUT2D eigenvalue weighted by Crippen LogP contribution is 2.32. The molecule has 3 N–H and O–H groups in total. The maximum atomic E-state index is 13.1. The number of hydrogen-bond donors (Lipinski definition) is 3. The third-order valence-corrected chi connectivity index (χ3v) is 5.74. The first-order chi connectivity index (χ1) is 14.8. The fraction of sp³-hybridized carbons (Fsp3) is 0.304. The second kappa shape index (κ2) is 7.86. The highest BCUT2D eigenvalue weighted by Gasteiger charge is 2.49. The van der Waals surface area contributed by atoms with Gasteiger partial charge < -0.3 is 16.0 Å². The summed E-state index contributed by atoms with van der Waals surface area (Å²) in [5, 5.41) is 8.05. The highest BCUT2D eigenvalue weighted by atomic mass is 16.2. The highest BCUT2D eigenvalue weighted by molar-refractivity contribution is 6.10. The summed E-state index contributed by atoms with van der Waals surface area (Å²) in [6.45, 7) is 2.69. The molecule has 4 rings (SSSR count). The minimum atomic E-state index is -1.20. The molecule has 8 heteroatoms. The van der Waals surface area contributed by atoms with E-state index in [1.807, 2.05) is 18.2 Å². The van der Waals surface area contributed by atoms with E-state index in [0.717, 1.165) is 29.7 Å². The van der Waals surface area contributed by atoms with Gasteiger partial charge in [-0.05, 0) is 67.1 Å². The van der Waals surface area contributed by atoms with Crippen molar-refractivity contribution in [3.05, 3.63) is 59.2 Å². The fourth-order valence-electron chi connectivity index (χ4n) is 4.10. The molecule has 1 heterocycles. The number of anilines is 2. The molecule has 2 aromatic rings. The molecule has 8 nitrogen and oxygen atoms in total. The van der Waals surface area contributed by atoms with Gasteiger partial charge in [0.15, 0.2) is 0 Å². The molecular weight excluding hydrogens is 396 g/mol. The zero-order chi connectivity index (χ0) is 22.2. The first-order valence-electron chi connectivity index (χ1n) is 10.2. The Kier molecular flexibility index (Phi) is 5.22. The number of imide groups is 1. The van der Waals surface area contributed by atoms with E-state index in [-0.39, 0.29) is 5.91 Å². The number of nitrogens with zero attached hydrogens (tertiary/aromatic N) is 1. The van der Waals surface area contributed by atoms with Gasteiger partial charge in [0, 0.05) is 18.3 Å². The van der Waals surface area contributed by atoms with Crippen molar-refractivity contribution < 1.29 is 19.2 Å². The number of hydrogen-bond acceptors (Lipinski definition) is 4. The maximum Gasteiger partial charge on any atom is 0.325 e. The normalized spacial score (nSPS) is 19.7. The quantitative estimate of drug-likeness (QED) is 0.646. The molecular formula is C23H24N4O4. The monoisotopic (exact) mass is 420 g/mol. The first-order valence-corrected chi connectivity index (χ1v) is 10.2. The largest absolute Gasteiger partial charge is 0.326 e. The third-order valence-electron chi connectivity index (χ3n) is 5.74. The second-order valence-corrected chi connectivity index (χ2v) is 8.09. The Bertz CT molecular complexity index is 1080. The molecule has 0 aromatic heterocycles. The van der Waals surface area contributed by atoms with Crippen molar-refractivity contribution in [3.8, 4) is 0 Å². The average molecular weight is 420 g/mol. The average Bonchev–Trinajstić information content (AvgIpc) is 3.27. The summed E-state index contributed by atoms with van der Waals surface area (Å²) < 4.78 is 0. The summed E-state index contributed by atoms with van der Waals surface area (Å²) in [6, 6.07) is 11.8. The number of benzene rings is 2. The van der Waals surface area contributed by atoms with Crippen molar-refractivity contribution in [2.24, 2.45) is 0 Å². The van der Waals surface area contributed by atoms with Crippen LogP contribution in [0.3, 0.4) is 0 Å². The zero-order valence-electron chi connectivity index (χ0n) is 17.5. The number of rotatable bonds is 5. The molecule has 1 unspecified atom stereocenters. The number of carbonyl (C=O) groups is 4. The minimum absolute atomic E-state index is 0.193. The molecule has 31 heavy (non-hydrogen) atoms. The molecule has 0 radical (unpaired) electrons. The van der Waals surface area contributed by atoms with Crippen LogP contribution in [0.5, 0.6) is 0 Å². The van der Waals surface area contributed by atoms with Crippen LogP contribution in [-0.4, -0.2) is 35.2 Å². The standard InChI is InChI=1S/C23H24N4O4/c1-14(28)24-18-8-10-19(11-9-18)25-20(29)13-27-21(30)23(2,26-22(27)31)17-7-6-15-4-3-5-16(15)12-17/h6-12H,3-5,13H2,1-2H3,(H,24,28)(H,25,29)(H,26,31). The SMILES string of the molecule is CC(=O)Nc1ccc(NC(=O)CN2C(=O)NC(C)(c3ccc4c(c3)CCC4)C2=O)cc1. The van der Waals surface area contributed by atoms with Crippen LogP contribution >= 0.6 is 0 Å². The number of nitrogens with one attached hydrogen (secondary N) is 3. The Morgan fingerprint density at radius 3 is 2.32 bits per heavy atom. The zero-order valence-corrected chi connectivity index (χ0v) is 17.5. The van der Waals surface area contributed by atoms with E-state index in [4.69, 9.17) is 0 Å². The van der Waals surface area contributed by atoms with Gasteiger partial charge in [-0.2, -0.15) is 0 Å². The van der Waals surface area contributed by atoms with Gasteiger partial charge in [-0.15, -0.1) is 0 Å². The van der Waals surface area contributed by atoms with Crippen LogP contribution in [0.2, 0.25) is 0 Å². The summed E-state index contributed by atoms with van der Waals surface area (Å²) in [5.74, 6) is -1.14. The van der Waals surface area contributed by atoms with Crippen molar-refractivity contribution >= 4 is 35.1 Å². The van der Waals surface area contributed by atoms with Gasteiger partial charge in [-0.25, -0.2) is 4.79 Å². The third kappa shape index (κ3) is 4.01. The van der Waals surface area contributed by atoms with Crippen LogP contribution in [0.4, 0.5) is 16.2 Å². The molecule has 5 amide bonds. The minimum Gasteiger partial charge on any atom is -0.326 e. The van der Waals surface area contributed by atoms with E-state index < -0.39 is 29.9 Å². The number of amides is 5. The molecule has 0 bridgehead atoms. The van der Waals surface area contributed by atoms with E-state index in [1.54, 1.807) is 31.2 Å². The Hall–Kier alpha value is -3.68. The van der Waals surface area contributed by atoms with Crippen molar-refractivity contribution in [2.45, 2.75) is 38.6 Å². The lowest BCUT2D eigenvalue weighted by Gasteiger charge is -2.23. The van der Waals surface area contributed by atoms with Crippen molar-refractivity contribution in [1.82, 2.24) is 10.2 Å². The van der Waals surface area contributed by atoms with Crippen LogP contribution in [0.15, 0.2) is 42.5 Å². The van der Waals surface area contributed by atoms with Gasteiger partial charge in [0.05, 0.1) is 0 Å². The maximum absolute atomic E-state index is 13.1. The van der Waals surface area contributed by atoms with E-state index in [9.17, 15) is 19.2 Å². The summed E-state index contributed by atoms with van der Waals surface area (Å²) in [7, 11) is 0. The van der Waals surface area contributed by atoms with Crippen LogP contribution in [-0.2, 0) is 32.8 Å². The molecule has 1 atom stereocenters. The smallest absolute Gasteiger partial charge is 0.325 e. The van der Waals surface area contributed by atoms with Gasteiger partial charge in [-0.1, -0.05) is 18.2 Å². The van der Waals surface area contributed by atoms with Crippen LogP contribution in [0.25, 0.3) is 0 Å². The van der Waals surface area contributed by atoms with Crippen LogP contribution < -0.4 is 16.0 Å². The topological polar surface area (TPSA) is 108 Å². The van der Waals surface area contributed by atoms with E-state index in [1.165, 1.54) is 18.1 Å². The lowest BCUT2D eigenvalue weighted by molar-refractivity contribution is -0.133. The van der Waals surface area contributed by atoms with Gasteiger partial charge >= 0.3 is 6.03 Å². The summed E-state index contributed by atoms with van der Waals surface area (Å²) >= 11 is 0. The Labute approximate surface area is 180 Å². The van der Waals surface area contributed by atoms with E-state index in [0.29, 0.717) is 11.4 Å². The predicted molar refractivity (Wildman–Crippen MR) is 115 cm³/mol. The van der Waals surface area contributed by atoms with Crippen molar-refractivity contribution in [2.75, 3.05) is 17.2 Å². The van der Waals surface area contributed by atoms with Crippen LogP contribution in [0.1, 0.15) is 37.0 Å². The molecule has 0 saturated carbocycles. The first kappa shape index (κ1) is 20.6. The summed E-state index contributed by atoms with van der Waals surface area (Å²) in [4.78, 5) is 50.1. The number of aryl methyl sites for hydroxylation is 2. The molecule has 2 aliphatic rings. The van der Waals surface area contributed by atoms with E-state index in [2.05, 4.69) is 16.0 Å². The van der Waals surface area contributed by atoms with Crippen molar-refractivity contribution in [3.63, 3.8) is 0 Å². The predicted octanol–water partition coefficient (Wildman–Crippen LogP) is 2.54. The molecule has 2 aromatic carbocycles. The number of fused-ring (bicyclic) bond motifs is 1. The molecule has 1 saturated heterocycles. The van der Waals surface area contributed by atoms with Gasteiger partial charge in [-0.3, -0.25) is 19.3 Å². The van der Waals surface area contributed by atoms with Crippen molar-refractivity contribution in [1.29, 1.82) is 0 Å². The van der Waals surface area contributed by atoms with Crippen LogP contribution in [0, 0.1) is 0 Å². The van der Waals surface area contributed by atoms with Gasteiger partial charge in [0.1, 0.15) is 12.1 Å². The summed E-state index contributed by atoms with van der Waals surface area (Å²) in [6.07, 6.45) is 3.09. The fourth-order valence-corrected chi connectivity index (χ4v) is 4.10. The number of urea groups is 1. The molecule has 1 aliphatic heterocycles. The Balaban J connectivity index is 1.44. The molecule has 0 spiro atoms.